The maximum atomic E-state index is 12.3. The molecule has 0 fully saturated rings. The highest BCUT2D eigenvalue weighted by atomic mass is 16.1. The molecule has 6 heteroatoms. The minimum absolute atomic E-state index is 0.191. The quantitative estimate of drug-likeness (QED) is 0.626. The first-order valence-corrected chi connectivity index (χ1v) is 7.79. The van der Waals surface area contributed by atoms with Gasteiger partial charge in [-0.2, -0.15) is 0 Å². The lowest BCUT2D eigenvalue weighted by molar-refractivity contribution is 0.102. The van der Waals surface area contributed by atoms with Crippen LogP contribution in [0.4, 0.5) is 5.82 Å². The number of aryl methyl sites for hydroxylation is 1. The molecule has 0 aliphatic heterocycles. The SMILES string of the molecule is Cn1cncc1-c1cnc2cnc(NC(=O)c3ccccc3)cc2c1. The van der Waals surface area contributed by atoms with Crippen molar-refractivity contribution >= 4 is 22.6 Å². The van der Waals surface area contributed by atoms with Crippen LogP contribution < -0.4 is 5.32 Å². The van der Waals surface area contributed by atoms with Crippen LogP contribution in [0.25, 0.3) is 22.2 Å². The number of fused-ring (bicyclic) bond motifs is 1. The first-order chi connectivity index (χ1) is 12.2. The van der Waals surface area contributed by atoms with Crippen LogP contribution >= 0.6 is 0 Å². The molecule has 0 bridgehead atoms. The minimum atomic E-state index is -0.191. The van der Waals surface area contributed by atoms with E-state index in [4.69, 9.17) is 0 Å². The second kappa shape index (κ2) is 6.16. The summed E-state index contributed by atoms with van der Waals surface area (Å²) in [5, 5.41) is 3.72. The van der Waals surface area contributed by atoms with Crippen LogP contribution in [0.15, 0.2) is 67.4 Å². The van der Waals surface area contributed by atoms with E-state index in [0.717, 1.165) is 22.2 Å². The molecular weight excluding hydrogens is 314 g/mol. The zero-order chi connectivity index (χ0) is 17.2. The Kier molecular flexibility index (Phi) is 3.70. The van der Waals surface area contributed by atoms with Gasteiger partial charge in [-0.3, -0.25) is 9.78 Å². The van der Waals surface area contributed by atoms with E-state index in [9.17, 15) is 4.79 Å². The van der Waals surface area contributed by atoms with Gasteiger partial charge in [0.05, 0.1) is 29.9 Å². The molecule has 1 amide bonds. The standard InChI is InChI=1S/C19H15N5O/c1-24-12-20-11-17(24)15-7-14-8-18(22-10-16(14)21-9-15)23-19(25)13-5-3-2-4-6-13/h2-12H,1H3,(H,22,23,25). The predicted octanol–water partition coefficient (Wildman–Crippen LogP) is 3.28. The van der Waals surface area contributed by atoms with Crippen molar-refractivity contribution in [2.24, 2.45) is 7.05 Å². The second-order valence-corrected chi connectivity index (χ2v) is 5.70. The van der Waals surface area contributed by atoms with Crippen molar-refractivity contribution in [3.05, 3.63) is 72.9 Å². The monoisotopic (exact) mass is 329 g/mol. The first kappa shape index (κ1) is 15.0. The Bertz CT molecular complexity index is 1060. The van der Waals surface area contributed by atoms with Crippen LogP contribution in [0, 0.1) is 0 Å². The molecule has 0 aliphatic rings. The number of hydrogen-bond donors (Lipinski definition) is 1. The molecule has 0 saturated carbocycles. The molecule has 4 aromatic rings. The van der Waals surface area contributed by atoms with Crippen LogP contribution in [0.3, 0.4) is 0 Å². The van der Waals surface area contributed by atoms with E-state index >= 15 is 0 Å². The molecule has 0 aliphatic carbocycles. The molecule has 0 radical (unpaired) electrons. The Labute approximate surface area is 144 Å². The molecule has 0 unspecified atom stereocenters. The van der Waals surface area contributed by atoms with Crippen LogP contribution in [-0.4, -0.2) is 25.4 Å². The number of nitrogens with one attached hydrogen (secondary N) is 1. The Morgan fingerprint density at radius 2 is 1.88 bits per heavy atom. The average molecular weight is 329 g/mol. The van der Waals surface area contributed by atoms with E-state index in [2.05, 4.69) is 20.3 Å². The molecule has 0 atom stereocenters. The van der Waals surface area contributed by atoms with Gasteiger partial charge in [0.1, 0.15) is 5.82 Å². The van der Waals surface area contributed by atoms with Gasteiger partial charge in [-0.1, -0.05) is 18.2 Å². The summed E-state index contributed by atoms with van der Waals surface area (Å²) < 4.78 is 1.93. The van der Waals surface area contributed by atoms with Gasteiger partial charge in [0, 0.05) is 29.8 Å². The number of hydrogen-bond acceptors (Lipinski definition) is 4. The summed E-state index contributed by atoms with van der Waals surface area (Å²) >= 11 is 0. The topological polar surface area (TPSA) is 72.7 Å². The van der Waals surface area contributed by atoms with E-state index < -0.39 is 0 Å². The van der Waals surface area contributed by atoms with Crippen molar-refractivity contribution in [3.63, 3.8) is 0 Å². The maximum absolute atomic E-state index is 12.3. The van der Waals surface area contributed by atoms with Gasteiger partial charge in [0.2, 0.25) is 0 Å². The predicted molar refractivity (Wildman–Crippen MR) is 96.1 cm³/mol. The fourth-order valence-electron chi connectivity index (χ4n) is 2.65. The molecule has 0 saturated heterocycles. The summed E-state index contributed by atoms with van der Waals surface area (Å²) in [5.74, 6) is 0.300. The van der Waals surface area contributed by atoms with Gasteiger partial charge in [-0.15, -0.1) is 0 Å². The third-order valence-electron chi connectivity index (χ3n) is 3.96. The molecule has 122 valence electrons. The minimum Gasteiger partial charge on any atom is -0.334 e. The molecule has 4 rings (SSSR count). The lowest BCUT2D eigenvalue weighted by Crippen LogP contribution is -2.12. The Morgan fingerprint density at radius 3 is 2.64 bits per heavy atom. The van der Waals surface area contributed by atoms with Gasteiger partial charge in [-0.25, -0.2) is 9.97 Å². The van der Waals surface area contributed by atoms with E-state index in [0.29, 0.717) is 11.4 Å². The van der Waals surface area contributed by atoms with Gasteiger partial charge < -0.3 is 9.88 Å². The number of benzene rings is 1. The van der Waals surface area contributed by atoms with Gasteiger partial charge in [-0.05, 0) is 24.3 Å². The lowest BCUT2D eigenvalue weighted by Gasteiger charge is -2.07. The lowest BCUT2D eigenvalue weighted by atomic mass is 10.1. The smallest absolute Gasteiger partial charge is 0.256 e. The second-order valence-electron chi connectivity index (χ2n) is 5.70. The number of anilines is 1. The fraction of sp³-hybridized carbons (Fsp3) is 0.0526. The fourth-order valence-corrected chi connectivity index (χ4v) is 2.65. The van der Waals surface area contributed by atoms with Gasteiger partial charge in [0.25, 0.3) is 5.91 Å². The van der Waals surface area contributed by atoms with Crippen LogP contribution in [0.1, 0.15) is 10.4 Å². The Morgan fingerprint density at radius 1 is 1.04 bits per heavy atom. The molecule has 3 aromatic heterocycles. The third-order valence-corrected chi connectivity index (χ3v) is 3.96. The number of rotatable bonds is 3. The van der Waals surface area contributed by atoms with E-state index in [-0.39, 0.29) is 5.91 Å². The summed E-state index contributed by atoms with van der Waals surface area (Å²) in [4.78, 5) is 25.1. The number of carbonyl (C=O) groups is 1. The summed E-state index contributed by atoms with van der Waals surface area (Å²) in [5.41, 5.74) is 3.29. The normalized spacial score (nSPS) is 10.8. The molecule has 3 heterocycles. The van der Waals surface area contributed by atoms with E-state index in [1.807, 2.05) is 41.9 Å². The Balaban J connectivity index is 1.67. The van der Waals surface area contributed by atoms with E-state index in [1.165, 1.54) is 0 Å². The number of imidazole rings is 1. The van der Waals surface area contributed by atoms with Gasteiger partial charge in [0.15, 0.2) is 0 Å². The number of pyridine rings is 2. The van der Waals surface area contributed by atoms with Gasteiger partial charge >= 0.3 is 0 Å². The highest BCUT2D eigenvalue weighted by Gasteiger charge is 2.09. The van der Waals surface area contributed by atoms with Crippen LogP contribution in [0.5, 0.6) is 0 Å². The zero-order valence-electron chi connectivity index (χ0n) is 13.5. The largest absolute Gasteiger partial charge is 0.334 e. The number of amides is 1. The Hall–Kier alpha value is -3.54. The number of carbonyl (C=O) groups excluding carboxylic acids is 1. The molecule has 0 spiro atoms. The molecule has 1 aromatic carbocycles. The van der Waals surface area contributed by atoms with Crippen molar-refractivity contribution in [2.75, 3.05) is 5.32 Å². The summed E-state index contributed by atoms with van der Waals surface area (Å²) in [6, 6.07) is 12.9. The van der Waals surface area contributed by atoms with Crippen LogP contribution in [-0.2, 0) is 7.05 Å². The van der Waals surface area contributed by atoms with E-state index in [1.54, 1.807) is 37.1 Å². The zero-order valence-corrected chi connectivity index (χ0v) is 13.5. The summed E-state index contributed by atoms with van der Waals surface area (Å²) in [7, 11) is 1.94. The van der Waals surface area contributed by atoms with Crippen LogP contribution in [0.2, 0.25) is 0 Å². The molecule has 25 heavy (non-hydrogen) atoms. The first-order valence-electron chi connectivity index (χ1n) is 7.79. The molecule has 1 N–H and O–H groups in total. The third kappa shape index (κ3) is 2.97. The summed E-state index contributed by atoms with van der Waals surface area (Å²) in [6.07, 6.45) is 6.99. The molecule has 6 nitrogen and oxygen atoms in total. The van der Waals surface area contributed by atoms with Crippen molar-refractivity contribution in [2.45, 2.75) is 0 Å². The highest BCUT2D eigenvalue weighted by molar-refractivity contribution is 6.04. The maximum Gasteiger partial charge on any atom is 0.256 e. The number of nitrogens with zero attached hydrogens (tertiary/aromatic N) is 4. The van der Waals surface area contributed by atoms with Crippen molar-refractivity contribution in [1.29, 1.82) is 0 Å². The number of aromatic nitrogens is 4. The average Bonchev–Trinajstić information content (AvgIpc) is 3.08. The van der Waals surface area contributed by atoms with Crippen molar-refractivity contribution in [1.82, 2.24) is 19.5 Å². The molecular formula is C19H15N5O. The highest BCUT2D eigenvalue weighted by Crippen LogP contribution is 2.23. The van der Waals surface area contributed by atoms with Crippen molar-refractivity contribution < 1.29 is 4.79 Å². The summed E-state index contributed by atoms with van der Waals surface area (Å²) in [6.45, 7) is 0. The van der Waals surface area contributed by atoms with Crippen molar-refractivity contribution in [3.8, 4) is 11.3 Å².